The average molecular weight is 472 g/mol. The van der Waals surface area contributed by atoms with E-state index >= 15 is 0 Å². The van der Waals surface area contributed by atoms with E-state index in [1.165, 1.54) is 0 Å². The normalized spacial score (nSPS) is 18.5. The largest absolute Gasteiger partial charge is 0.481 e. The molecule has 8 N–H and O–H groups in total. The Kier molecular flexibility index (Phi) is 11.8. The van der Waals surface area contributed by atoms with Crippen molar-refractivity contribution in [1.82, 2.24) is 15.5 Å². The number of carboxylic acids is 2. The fourth-order valence-corrected chi connectivity index (χ4v) is 3.62. The summed E-state index contributed by atoms with van der Waals surface area (Å²) in [4.78, 5) is 62.2. The van der Waals surface area contributed by atoms with Gasteiger partial charge in [-0.15, -0.1) is 0 Å². The highest BCUT2D eigenvalue weighted by Gasteiger charge is 2.38. The highest BCUT2D eigenvalue weighted by molar-refractivity contribution is 5.94. The molecule has 1 fully saturated rings. The molecule has 1 saturated heterocycles. The third-order valence-corrected chi connectivity index (χ3v) is 5.68. The van der Waals surface area contributed by atoms with Gasteiger partial charge in [0, 0.05) is 13.0 Å². The summed E-state index contributed by atoms with van der Waals surface area (Å²) >= 11 is 0. The first-order valence-corrected chi connectivity index (χ1v) is 11.3. The number of amides is 3. The zero-order valence-corrected chi connectivity index (χ0v) is 19.3. The van der Waals surface area contributed by atoms with E-state index in [-0.39, 0.29) is 31.7 Å². The summed E-state index contributed by atoms with van der Waals surface area (Å²) < 4.78 is 0. The third kappa shape index (κ3) is 8.97. The molecule has 4 atom stereocenters. The van der Waals surface area contributed by atoms with Crippen LogP contribution >= 0.6 is 0 Å². The number of nitrogens with two attached hydrogens (primary N) is 2. The highest BCUT2D eigenvalue weighted by Crippen LogP contribution is 2.20. The van der Waals surface area contributed by atoms with Crippen molar-refractivity contribution in [3.63, 3.8) is 0 Å². The van der Waals surface area contributed by atoms with Crippen LogP contribution < -0.4 is 22.1 Å². The minimum absolute atomic E-state index is 0.161. The highest BCUT2D eigenvalue weighted by atomic mass is 16.4. The van der Waals surface area contributed by atoms with Gasteiger partial charge in [0.25, 0.3) is 0 Å². The Balaban J connectivity index is 3.02. The third-order valence-electron chi connectivity index (χ3n) is 5.68. The second-order valence-electron chi connectivity index (χ2n) is 8.64. The Morgan fingerprint density at radius 1 is 1.00 bits per heavy atom. The average Bonchev–Trinajstić information content (AvgIpc) is 3.24. The summed E-state index contributed by atoms with van der Waals surface area (Å²) in [5, 5.41) is 23.6. The molecule has 1 aliphatic heterocycles. The first-order valence-electron chi connectivity index (χ1n) is 11.3. The van der Waals surface area contributed by atoms with Crippen LogP contribution in [0.3, 0.4) is 0 Å². The number of hydrogen-bond acceptors (Lipinski definition) is 7. The molecule has 0 bridgehead atoms. The maximum Gasteiger partial charge on any atom is 0.326 e. The zero-order valence-electron chi connectivity index (χ0n) is 19.3. The summed E-state index contributed by atoms with van der Waals surface area (Å²) in [6.45, 7) is 4.14. The van der Waals surface area contributed by atoms with Gasteiger partial charge in [-0.1, -0.05) is 13.8 Å². The molecule has 3 amide bonds. The van der Waals surface area contributed by atoms with Gasteiger partial charge < -0.3 is 37.2 Å². The van der Waals surface area contributed by atoms with E-state index in [1.807, 2.05) is 0 Å². The summed E-state index contributed by atoms with van der Waals surface area (Å²) in [5.74, 6) is -4.30. The minimum Gasteiger partial charge on any atom is -0.481 e. The predicted molar refractivity (Wildman–Crippen MR) is 119 cm³/mol. The number of likely N-dealkylation sites (tertiary alicyclic amines) is 1. The molecule has 1 rings (SSSR count). The fourth-order valence-electron chi connectivity index (χ4n) is 3.62. The molecule has 0 aromatic rings. The number of carbonyl (C=O) groups is 5. The lowest BCUT2D eigenvalue weighted by molar-refractivity contribution is -0.150. The van der Waals surface area contributed by atoms with Crippen LogP contribution in [-0.4, -0.2) is 82.0 Å². The van der Waals surface area contributed by atoms with Crippen LogP contribution in [0.15, 0.2) is 0 Å². The number of nitrogens with one attached hydrogen (secondary N) is 2. The minimum atomic E-state index is -1.23. The van der Waals surface area contributed by atoms with Crippen LogP contribution in [0.25, 0.3) is 0 Å². The molecule has 1 aliphatic rings. The van der Waals surface area contributed by atoms with E-state index in [2.05, 4.69) is 10.6 Å². The molecule has 0 aromatic heterocycles. The van der Waals surface area contributed by atoms with Crippen molar-refractivity contribution in [2.75, 3.05) is 13.1 Å². The lowest BCUT2D eigenvalue weighted by Gasteiger charge is -2.29. The number of aliphatic carboxylic acids is 2. The molecule has 0 spiro atoms. The van der Waals surface area contributed by atoms with E-state index in [0.717, 1.165) is 4.90 Å². The predicted octanol–water partition coefficient (Wildman–Crippen LogP) is -0.991. The van der Waals surface area contributed by atoms with Crippen molar-refractivity contribution in [2.45, 2.75) is 83.0 Å². The zero-order chi connectivity index (χ0) is 25.1. The van der Waals surface area contributed by atoms with Crippen molar-refractivity contribution in [2.24, 2.45) is 17.4 Å². The second-order valence-corrected chi connectivity index (χ2v) is 8.64. The van der Waals surface area contributed by atoms with Gasteiger partial charge in [0.2, 0.25) is 17.7 Å². The summed E-state index contributed by atoms with van der Waals surface area (Å²) in [6, 6.07) is -4.09. The standard InChI is InChI=1S/C21H37N5O7/c1-12(2)17(23)19(30)24-13(6-3-4-10-22)18(29)25-14(8-9-16(27)28)20(31)26-11-5-7-15(26)21(32)33/h12-15,17H,3-11,22-23H2,1-2H3,(H,24,30)(H,25,29)(H,27,28)(H,32,33). The molecule has 33 heavy (non-hydrogen) atoms. The number of hydrogen-bond donors (Lipinski definition) is 6. The maximum absolute atomic E-state index is 13.0. The van der Waals surface area contributed by atoms with E-state index < -0.39 is 60.2 Å². The molecular weight excluding hydrogens is 434 g/mol. The smallest absolute Gasteiger partial charge is 0.326 e. The number of unbranched alkanes of at least 4 members (excludes halogenated alkanes) is 1. The lowest BCUT2D eigenvalue weighted by atomic mass is 10.0. The molecule has 188 valence electrons. The van der Waals surface area contributed by atoms with Gasteiger partial charge in [-0.2, -0.15) is 0 Å². The van der Waals surface area contributed by atoms with Crippen LogP contribution in [0.1, 0.15) is 58.8 Å². The van der Waals surface area contributed by atoms with Gasteiger partial charge in [-0.3, -0.25) is 19.2 Å². The van der Waals surface area contributed by atoms with Crippen molar-refractivity contribution >= 4 is 29.7 Å². The van der Waals surface area contributed by atoms with Crippen LogP contribution in [0.2, 0.25) is 0 Å². The number of rotatable bonds is 14. The van der Waals surface area contributed by atoms with E-state index in [1.54, 1.807) is 13.8 Å². The van der Waals surface area contributed by atoms with Gasteiger partial charge in [0.15, 0.2) is 0 Å². The van der Waals surface area contributed by atoms with Crippen LogP contribution in [0.4, 0.5) is 0 Å². The first kappa shape index (κ1) is 28.3. The van der Waals surface area contributed by atoms with Crippen LogP contribution in [-0.2, 0) is 24.0 Å². The molecule has 0 saturated carbocycles. The molecule has 0 aliphatic carbocycles. The SMILES string of the molecule is CC(C)C(N)C(=O)NC(CCCCN)C(=O)NC(CCC(=O)O)C(=O)N1CCCC1C(=O)O. The van der Waals surface area contributed by atoms with Gasteiger partial charge in [-0.25, -0.2) is 4.79 Å². The summed E-state index contributed by atoms with van der Waals surface area (Å²) in [7, 11) is 0. The quantitative estimate of drug-likeness (QED) is 0.172. The van der Waals surface area contributed by atoms with Gasteiger partial charge in [0.1, 0.15) is 18.1 Å². The fraction of sp³-hybridized carbons (Fsp3) is 0.762. The topological polar surface area (TPSA) is 205 Å². The van der Waals surface area contributed by atoms with Gasteiger partial charge >= 0.3 is 11.9 Å². The van der Waals surface area contributed by atoms with Crippen molar-refractivity contribution in [3.05, 3.63) is 0 Å². The Bertz CT molecular complexity index is 715. The molecule has 12 nitrogen and oxygen atoms in total. The first-order chi connectivity index (χ1) is 15.5. The van der Waals surface area contributed by atoms with Gasteiger partial charge in [-0.05, 0) is 51.0 Å². The number of carboxylic acid groups (broad SMARTS) is 2. The molecule has 4 unspecified atom stereocenters. The molecular formula is C21H37N5O7. The molecule has 12 heteroatoms. The second kappa shape index (κ2) is 13.7. The van der Waals surface area contributed by atoms with E-state index in [0.29, 0.717) is 25.8 Å². The number of nitrogens with zero attached hydrogens (tertiary/aromatic N) is 1. The Morgan fingerprint density at radius 3 is 2.18 bits per heavy atom. The van der Waals surface area contributed by atoms with Crippen LogP contribution in [0, 0.1) is 5.92 Å². The monoisotopic (exact) mass is 471 g/mol. The Morgan fingerprint density at radius 2 is 1.64 bits per heavy atom. The molecule has 1 heterocycles. The van der Waals surface area contributed by atoms with Crippen molar-refractivity contribution in [1.29, 1.82) is 0 Å². The molecule has 0 aromatic carbocycles. The number of carbonyl (C=O) groups excluding carboxylic acids is 3. The van der Waals surface area contributed by atoms with Crippen molar-refractivity contribution < 1.29 is 34.2 Å². The van der Waals surface area contributed by atoms with E-state index in [9.17, 15) is 29.1 Å². The maximum atomic E-state index is 13.0. The summed E-state index contributed by atoms with van der Waals surface area (Å²) in [5.41, 5.74) is 11.4. The van der Waals surface area contributed by atoms with Crippen LogP contribution in [0.5, 0.6) is 0 Å². The Hall–Kier alpha value is -2.73. The van der Waals surface area contributed by atoms with Crippen molar-refractivity contribution in [3.8, 4) is 0 Å². The summed E-state index contributed by atoms with van der Waals surface area (Å²) in [6.07, 6.45) is 1.57. The van der Waals surface area contributed by atoms with E-state index in [4.69, 9.17) is 16.6 Å². The lowest BCUT2D eigenvalue weighted by Crippen LogP contribution is -2.57. The van der Waals surface area contributed by atoms with Gasteiger partial charge in [0.05, 0.1) is 6.04 Å². The molecule has 0 radical (unpaired) electrons. The Labute approximate surface area is 193 Å².